The predicted molar refractivity (Wildman–Crippen MR) is 105 cm³/mol. The van der Waals surface area contributed by atoms with Gasteiger partial charge in [0.1, 0.15) is 11.5 Å². The lowest BCUT2D eigenvalue weighted by molar-refractivity contribution is -0.105. The molecular formula is C23H25NO3. The van der Waals surface area contributed by atoms with Crippen molar-refractivity contribution in [3.05, 3.63) is 65.5 Å². The first-order chi connectivity index (χ1) is 13.1. The van der Waals surface area contributed by atoms with Crippen molar-refractivity contribution in [2.75, 3.05) is 13.2 Å². The number of hydrogen-bond acceptors (Lipinski definition) is 4. The number of ketones is 1. The minimum absolute atomic E-state index is 0.0626. The third kappa shape index (κ3) is 4.28. The van der Waals surface area contributed by atoms with E-state index in [4.69, 9.17) is 9.26 Å². The van der Waals surface area contributed by atoms with E-state index in [2.05, 4.69) is 54.5 Å². The molecule has 0 saturated carbocycles. The first-order valence-corrected chi connectivity index (χ1v) is 9.66. The van der Waals surface area contributed by atoms with Crippen LogP contribution in [-0.4, -0.2) is 24.2 Å². The molecule has 2 heterocycles. The van der Waals surface area contributed by atoms with Crippen LogP contribution < -0.4 is 0 Å². The summed E-state index contributed by atoms with van der Waals surface area (Å²) < 4.78 is 10.6. The Bertz CT molecular complexity index is 939. The molecular weight excluding hydrogens is 338 g/mol. The smallest absolute Gasteiger partial charge is 0.184 e. The highest BCUT2D eigenvalue weighted by molar-refractivity contribution is 5.94. The normalized spacial score (nSPS) is 15.6. The van der Waals surface area contributed by atoms with Crippen molar-refractivity contribution >= 4 is 16.6 Å². The molecule has 0 aliphatic carbocycles. The predicted octanol–water partition coefficient (Wildman–Crippen LogP) is 5.00. The zero-order chi connectivity index (χ0) is 18.7. The lowest BCUT2D eigenvalue weighted by Crippen LogP contribution is -2.39. The van der Waals surface area contributed by atoms with Crippen LogP contribution in [0.1, 0.15) is 48.0 Å². The molecule has 1 aliphatic heterocycles. The Morgan fingerprint density at radius 1 is 1.07 bits per heavy atom. The van der Waals surface area contributed by atoms with E-state index in [0.29, 0.717) is 12.1 Å². The molecule has 0 amide bonds. The first-order valence-electron chi connectivity index (χ1n) is 9.66. The Hall–Kier alpha value is -2.46. The quantitative estimate of drug-likeness (QED) is 0.528. The highest BCUT2D eigenvalue weighted by Crippen LogP contribution is 2.32. The average molecular weight is 363 g/mol. The van der Waals surface area contributed by atoms with Gasteiger partial charge in [0, 0.05) is 24.3 Å². The lowest BCUT2D eigenvalue weighted by Gasteiger charge is -2.37. The van der Waals surface area contributed by atoms with Crippen molar-refractivity contribution < 1.29 is 14.1 Å². The second-order valence-corrected chi connectivity index (χ2v) is 7.94. The molecule has 0 unspecified atom stereocenters. The van der Waals surface area contributed by atoms with Crippen molar-refractivity contribution in [2.45, 2.75) is 39.0 Å². The maximum atomic E-state index is 12.3. The van der Waals surface area contributed by atoms with E-state index in [1.165, 1.54) is 16.3 Å². The molecule has 2 aromatic carbocycles. The molecule has 1 fully saturated rings. The number of carbonyl (C=O) groups is 1. The number of benzene rings is 2. The molecule has 0 radical (unpaired) electrons. The average Bonchev–Trinajstić information content (AvgIpc) is 3.13. The Morgan fingerprint density at radius 2 is 1.89 bits per heavy atom. The van der Waals surface area contributed by atoms with Gasteiger partial charge in [-0.2, -0.15) is 0 Å². The Labute approximate surface area is 159 Å². The highest BCUT2D eigenvalue weighted by atomic mass is 16.5. The van der Waals surface area contributed by atoms with Gasteiger partial charge < -0.3 is 9.26 Å². The summed E-state index contributed by atoms with van der Waals surface area (Å²) >= 11 is 0. The third-order valence-electron chi connectivity index (χ3n) is 5.40. The number of hydrogen-bond donors (Lipinski definition) is 0. The van der Waals surface area contributed by atoms with Crippen LogP contribution >= 0.6 is 0 Å². The monoisotopic (exact) mass is 363 g/mol. The van der Waals surface area contributed by atoms with E-state index in [-0.39, 0.29) is 11.2 Å². The SMILES string of the molecule is CC1(CCC(=O)c2cc(CCCc3ccc4ccccc4c3)on2)COC1. The fraction of sp³-hybridized carbons (Fsp3) is 0.391. The molecule has 0 atom stereocenters. The summed E-state index contributed by atoms with van der Waals surface area (Å²) in [5.41, 5.74) is 1.93. The third-order valence-corrected chi connectivity index (χ3v) is 5.40. The summed E-state index contributed by atoms with van der Waals surface area (Å²) in [4.78, 5) is 12.3. The standard InChI is InChI=1S/C23H25NO3/c1-23(15-26-16-23)12-11-22(25)21-14-20(27-24-21)8-4-5-17-9-10-18-6-2-3-7-19(18)13-17/h2-3,6-7,9-10,13-14H,4-5,8,11-12,15-16H2,1H3. The van der Waals surface area contributed by atoms with Crippen molar-refractivity contribution in [3.8, 4) is 0 Å². The Balaban J connectivity index is 1.28. The molecule has 1 saturated heterocycles. The van der Waals surface area contributed by atoms with Crippen LogP contribution in [0.25, 0.3) is 10.8 Å². The fourth-order valence-electron chi connectivity index (χ4n) is 3.56. The first kappa shape index (κ1) is 17.9. The maximum Gasteiger partial charge on any atom is 0.184 e. The Kier molecular flexibility index (Phi) is 5.08. The van der Waals surface area contributed by atoms with Gasteiger partial charge in [0.15, 0.2) is 5.78 Å². The van der Waals surface area contributed by atoms with Gasteiger partial charge in [0.25, 0.3) is 0 Å². The molecule has 4 nitrogen and oxygen atoms in total. The molecule has 140 valence electrons. The van der Waals surface area contributed by atoms with E-state index in [1.807, 2.05) is 6.07 Å². The number of aromatic nitrogens is 1. The molecule has 27 heavy (non-hydrogen) atoms. The minimum Gasteiger partial charge on any atom is -0.380 e. The number of nitrogens with zero attached hydrogens (tertiary/aromatic N) is 1. The van der Waals surface area contributed by atoms with Gasteiger partial charge in [-0.3, -0.25) is 4.79 Å². The van der Waals surface area contributed by atoms with Crippen molar-refractivity contribution in [1.82, 2.24) is 5.16 Å². The largest absolute Gasteiger partial charge is 0.380 e. The summed E-state index contributed by atoms with van der Waals surface area (Å²) in [7, 11) is 0. The summed E-state index contributed by atoms with van der Waals surface area (Å²) in [6.07, 6.45) is 4.08. The number of aryl methyl sites for hydroxylation is 2. The zero-order valence-electron chi connectivity index (χ0n) is 15.7. The van der Waals surface area contributed by atoms with Crippen molar-refractivity contribution in [2.24, 2.45) is 5.41 Å². The molecule has 0 N–H and O–H groups in total. The zero-order valence-corrected chi connectivity index (χ0v) is 15.7. The summed E-state index contributed by atoms with van der Waals surface area (Å²) in [6.45, 7) is 3.66. The van der Waals surface area contributed by atoms with Crippen molar-refractivity contribution in [1.29, 1.82) is 0 Å². The van der Waals surface area contributed by atoms with E-state index in [9.17, 15) is 4.79 Å². The molecule has 4 heteroatoms. The minimum atomic E-state index is 0.0626. The number of Topliss-reactive ketones (excluding diaryl/α,β-unsaturated/α-hetero) is 1. The van der Waals surface area contributed by atoms with Gasteiger partial charge in [-0.15, -0.1) is 0 Å². The van der Waals surface area contributed by atoms with Gasteiger partial charge in [-0.05, 0) is 35.6 Å². The van der Waals surface area contributed by atoms with Crippen LogP contribution in [-0.2, 0) is 17.6 Å². The van der Waals surface area contributed by atoms with Crippen molar-refractivity contribution in [3.63, 3.8) is 0 Å². The van der Waals surface area contributed by atoms with Gasteiger partial charge >= 0.3 is 0 Å². The van der Waals surface area contributed by atoms with Gasteiger partial charge in [0.05, 0.1) is 13.2 Å². The fourth-order valence-corrected chi connectivity index (χ4v) is 3.56. The molecule has 1 aliphatic rings. The number of fused-ring (bicyclic) bond motifs is 1. The topological polar surface area (TPSA) is 52.3 Å². The van der Waals surface area contributed by atoms with Gasteiger partial charge in [-0.25, -0.2) is 0 Å². The molecule has 1 aromatic heterocycles. The lowest BCUT2D eigenvalue weighted by atomic mass is 9.83. The van der Waals surface area contributed by atoms with Crippen LogP contribution in [0.5, 0.6) is 0 Å². The molecule has 0 spiro atoms. The van der Waals surface area contributed by atoms with E-state index >= 15 is 0 Å². The summed E-state index contributed by atoms with van der Waals surface area (Å²) in [5, 5.41) is 6.51. The van der Waals surface area contributed by atoms with Gasteiger partial charge in [0.2, 0.25) is 0 Å². The molecule has 3 aromatic rings. The summed E-state index contributed by atoms with van der Waals surface area (Å²) in [5.74, 6) is 0.852. The van der Waals surface area contributed by atoms with Crippen LogP contribution in [0.15, 0.2) is 53.1 Å². The van der Waals surface area contributed by atoms with Crippen LogP contribution in [0.2, 0.25) is 0 Å². The number of rotatable bonds is 8. The maximum absolute atomic E-state index is 12.3. The number of carbonyl (C=O) groups excluding carboxylic acids is 1. The Morgan fingerprint density at radius 3 is 2.67 bits per heavy atom. The molecule has 0 bridgehead atoms. The second kappa shape index (κ2) is 7.65. The number of ether oxygens (including phenoxy) is 1. The van der Waals surface area contributed by atoms with Crippen LogP contribution in [0.4, 0.5) is 0 Å². The molecule has 4 rings (SSSR count). The van der Waals surface area contributed by atoms with Crippen LogP contribution in [0, 0.1) is 5.41 Å². The summed E-state index contributed by atoms with van der Waals surface area (Å²) in [6, 6.07) is 16.8. The van der Waals surface area contributed by atoms with Gasteiger partial charge in [-0.1, -0.05) is 54.5 Å². The highest BCUT2D eigenvalue weighted by Gasteiger charge is 2.33. The second-order valence-electron chi connectivity index (χ2n) is 7.94. The van der Waals surface area contributed by atoms with E-state index < -0.39 is 0 Å². The van der Waals surface area contributed by atoms with E-state index in [0.717, 1.165) is 44.7 Å². The van der Waals surface area contributed by atoms with Crippen LogP contribution in [0.3, 0.4) is 0 Å². The van der Waals surface area contributed by atoms with E-state index in [1.54, 1.807) is 0 Å².